The number of carbonyl (C=O) groups is 2. The number of amides is 2. The average Bonchev–Trinajstić information content (AvgIpc) is 3.34. The van der Waals surface area contributed by atoms with Crippen LogP contribution in [0.3, 0.4) is 0 Å². The fraction of sp³-hybridized carbons (Fsp3) is 0.588. The molecule has 0 aromatic heterocycles. The van der Waals surface area contributed by atoms with E-state index in [0.717, 1.165) is 35.2 Å². The van der Waals surface area contributed by atoms with Crippen LogP contribution in [-0.4, -0.2) is 67.9 Å². The standard InChI is InChI=1S/C34H48N4O4/c1-8-27-30(19-39)42-38(31(27)33(41)36-29-17-25-16-28(20(29)2)34(25,3)4)18-21-10-9-11-22(12-21)23-13-24(32(40)35-5)15-26(14-23)37(6)7/h9-15,20,25,27-31,39H,8,16-19H2,1-7H3,(H,35,40)(H,36,41)/t20-,25+,27-,28-,29-,30-,31-/m0/s1. The maximum absolute atomic E-state index is 13.9. The molecule has 8 heteroatoms. The quantitative estimate of drug-likeness (QED) is 0.408. The van der Waals surface area contributed by atoms with Crippen molar-refractivity contribution in [2.24, 2.45) is 29.1 Å². The van der Waals surface area contributed by atoms with Gasteiger partial charge in [-0.2, -0.15) is 5.06 Å². The monoisotopic (exact) mass is 576 g/mol. The van der Waals surface area contributed by atoms with Gasteiger partial charge in [0.25, 0.3) is 5.91 Å². The topological polar surface area (TPSA) is 94.1 Å². The van der Waals surface area contributed by atoms with Crippen LogP contribution in [0, 0.1) is 29.1 Å². The van der Waals surface area contributed by atoms with Crippen LogP contribution in [0.25, 0.3) is 11.1 Å². The van der Waals surface area contributed by atoms with E-state index >= 15 is 0 Å². The lowest BCUT2D eigenvalue weighted by Crippen LogP contribution is -2.62. The van der Waals surface area contributed by atoms with Crippen LogP contribution in [0.4, 0.5) is 5.69 Å². The largest absolute Gasteiger partial charge is 0.394 e. The number of benzene rings is 2. The molecule has 2 aromatic carbocycles. The summed E-state index contributed by atoms with van der Waals surface area (Å²) in [5.74, 6) is 1.50. The van der Waals surface area contributed by atoms with Crippen molar-refractivity contribution in [2.45, 2.75) is 71.7 Å². The Morgan fingerprint density at radius 3 is 2.50 bits per heavy atom. The summed E-state index contributed by atoms with van der Waals surface area (Å²) in [4.78, 5) is 34.7. The predicted molar refractivity (Wildman–Crippen MR) is 166 cm³/mol. The Morgan fingerprint density at radius 2 is 1.88 bits per heavy atom. The molecule has 1 aliphatic heterocycles. The molecule has 8 nitrogen and oxygen atoms in total. The molecule has 4 aliphatic rings. The molecular formula is C34H48N4O4. The summed E-state index contributed by atoms with van der Waals surface area (Å²) in [5.41, 5.74) is 4.79. The summed E-state index contributed by atoms with van der Waals surface area (Å²) in [6.45, 7) is 9.37. The summed E-state index contributed by atoms with van der Waals surface area (Å²) in [6.07, 6.45) is 2.60. The first-order valence-corrected chi connectivity index (χ1v) is 15.5. The van der Waals surface area contributed by atoms with Gasteiger partial charge in [-0.3, -0.25) is 14.4 Å². The smallest absolute Gasteiger partial charge is 0.251 e. The zero-order valence-corrected chi connectivity index (χ0v) is 26.2. The lowest BCUT2D eigenvalue weighted by Gasteiger charge is -2.62. The van der Waals surface area contributed by atoms with Crippen molar-refractivity contribution < 1.29 is 19.5 Å². The molecule has 4 fully saturated rings. The molecule has 7 atom stereocenters. The van der Waals surface area contributed by atoms with Gasteiger partial charge in [-0.1, -0.05) is 45.9 Å². The Hall–Kier alpha value is -2.94. The summed E-state index contributed by atoms with van der Waals surface area (Å²) in [5, 5.41) is 18.1. The van der Waals surface area contributed by atoms with Crippen LogP contribution in [0.2, 0.25) is 0 Å². The minimum absolute atomic E-state index is 0.00110. The number of aliphatic hydroxyl groups excluding tert-OH is 1. The van der Waals surface area contributed by atoms with Crippen molar-refractivity contribution in [3.63, 3.8) is 0 Å². The lowest BCUT2D eigenvalue weighted by atomic mass is 9.45. The maximum atomic E-state index is 13.9. The van der Waals surface area contributed by atoms with Crippen molar-refractivity contribution in [3.05, 3.63) is 53.6 Å². The van der Waals surface area contributed by atoms with Gasteiger partial charge in [-0.25, -0.2) is 0 Å². The van der Waals surface area contributed by atoms with Crippen molar-refractivity contribution in [2.75, 3.05) is 32.6 Å². The van der Waals surface area contributed by atoms with Crippen molar-refractivity contribution in [1.82, 2.24) is 15.7 Å². The Labute approximate surface area is 250 Å². The highest BCUT2D eigenvalue weighted by molar-refractivity contribution is 5.96. The number of rotatable bonds is 9. The fourth-order valence-corrected chi connectivity index (χ4v) is 7.80. The molecule has 0 spiro atoms. The van der Waals surface area contributed by atoms with Crippen LogP contribution in [0.1, 0.15) is 62.9 Å². The normalized spacial score (nSPS) is 30.0. The number of anilines is 1. The van der Waals surface area contributed by atoms with Crippen LogP contribution < -0.4 is 15.5 Å². The molecule has 3 saturated carbocycles. The summed E-state index contributed by atoms with van der Waals surface area (Å²) >= 11 is 0. The van der Waals surface area contributed by atoms with Gasteiger partial charge in [0.2, 0.25) is 5.91 Å². The third-order valence-electron chi connectivity index (χ3n) is 10.6. The molecule has 2 bridgehead atoms. The number of hydrogen-bond acceptors (Lipinski definition) is 6. The number of aliphatic hydroxyl groups is 1. The van der Waals surface area contributed by atoms with Crippen LogP contribution in [0.5, 0.6) is 0 Å². The zero-order valence-electron chi connectivity index (χ0n) is 26.2. The molecule has 2 aromatic rings. The lowest BCUT2D eigenvalue weighted by molar-refractivity contribution is -0.183. The Balaban J connectivity index is 1.38. The van der Waals surface area contributed by atoms with Gasteiger partial charge < -0.3 is 20.6 Å². The molecule has 3 N–H and O–H groups in total. The molecule has 0 unspecified atom stereocenters. The predicted octanol–water partition coefficient (Wildman–Crippen LogP) is 4.47. The maximum Gasteiger partial charge on any atom is 0.251 e. The summed E-state index contributed by atoms with van der Waals surface area (Å²) < 4.78 is 0. The molecular weight excluding hydrogens is 528 g/mol. The second-order valence-electron chi connectivity index (χ2n) is 13.4. The first-order chi connectivity index (χ1) is 20.0. The van der Waals surface area contributed by atoms with Gasteiger partial charge in [-0.05, 0) is 83.4 Å². The molecule has 0 radical (unpaired) electrons. The summed E-state index contributed by atoms with van der Waals surface area (Å²) in [7, 11) is 5.55. The van der Waals surface area contributed by atoms with E-state index in [1.54, 1.807) is 12.1 Å². The van der Waals surface area contributed by atoms with Crippen LogP contribution in [0.15, 0.2) is 42.5 Å². The molecule has 3 aliphatic carbocycles. The van der Waals surface area contributed by atoms with E-state index in [0.29, 0.717) is 35.3 Å². The molecule has 42 heavy (non-hydrogen) atoms. The second kappa shape index (κ2) is 12.0. The van der Waals surface area contributed by atoms with Gasteiger partial charge in [-0.15, -0.1) is 0 Å². The highest BCUT2D eigenvalue weighted by Crippen LogP contribution is 2.61. The minimum Gasteiger partial charge on any atom is -0.394 e. The number of nitrogens with zero attached hydrogens (tertiary/aromatic N) is 2. The van der Waals surface area contributed by atoms with E-state index in [2.05, 4.69) is 50.5 Å². The van der Waals surface area contributed by atoms with Crippen molar-refractivity contribution in [3.8, 4) is 11.1 Å². The van der Waals surface area contributed by atoms with E-state index in [1.807, 2.05) is 49.3 Å². The first-order valence-electron chi connectivity index (χ1n) is 15.5. The third-order valence-corrected chi connectivity index (χ3v) is 10.6. The van der Waals surface area contributed by atoms with Gasteiger partial charge in [0.15, 0.2) is 0 Å². The Morgan fingerprint density at radius 1 is 1.12 bits per heavy atom. The van der Waals surface area contributed by atoms with Crippen LogP contribution >= 0.6 is 0 Å². The Bertz CT molecular complexity index is 1310. The number of nitrogens with one attached hydrogen (secondary N) is 2. The van der Waals surface area contributed by atoms with E-state index in [-0.39, 0.29) is 30.4 Å². The van der Waals surface area contributed by atoms with Gasteiger partial charge in [0, 0.05) is 44.4 Å². The highest BCUT2D eigenvalue weighted by Gasteiger charge is 2.57. The number of hydroxylamine groups is 2. The van der Waals surface area contributed by atoms with Gasteiger partial charge >= 0.3 is 0 Å². The van der Waals surface area contributed by atoms with E-state index < -0.39 is 12.1 Å². The van der Waals surface area contributed by atoms with Crippen molar-refractivity contribution >= 4 is 17.5 Å². The minimum atomic E-state index is -0.480. The van der Waals surface area contributed by atoms with Gasteiger partial charge in [0.1, 0.15) is 12.1 Å². The fourth-order valence-electron chi connectivity index (χ4n) is 7.80. The molecule has 2 amide bonds. The Kier molecular flexibility index (Phi) is 8.70. The molecule has 6 rings (SSSR count). The SMILES string of the molecule is CC[C@H]1[C@H](CO)ON(Cc2cccc(-c3cc(C(=O)NC)cc(N(C)C)c3)c2)[C@@H]1C(=O)N[C@H]1C[C@H]2C[C@@H]([C@@H]1C)C2(C)C. The van der Waals surface area contributed by atoms with Crippen molar-refractivity contribution in [1.29, 1.82) is 0 Å². The molecule has 1 saturated heterocycles. The van der Waals surface area contributed by atoms with Gasteiger partial charge in [0.05, 0.1) is 13.2 Å². The number of carbonyl (C=O) groups excluding carboxylic acids is 2. The molecule has 228 valence electrons. The second-order valence-corrected chi connectivity index (χ2v) is 13.4. The zero-order chi connectivity index (χ0) is 30.3. The number of fused-ring (bicyclic) bond motifs is 2. The van der Waals surface area contributed by atoms with E-state index in [4.69, 9.17) is 4.84 Å². The molecule has 1 heterocycles. The third kappa shape index (κ3) is 5.56. The highest BCUT2D eigenvalue weighted by atomic mass is 16.7. The van der Waals surface area contributed by atoms with Crippen LogP contribution in [-0.2, 0) is 16.2 Å². The van der Waals surface area contributed by atoms with E-state index in [1.165, 1.54) is 6.42 Å². The van der Waals surface area contributed by atoms with E-state index in [9.17, 15) is 14.7 Å². The number of hydrogen-bond donors (Lipinski definition) is 3. The average molecular weight is 577 g/mol. The first kappa shape index (κ1) is 30.5. The summed E-state index contributed by atoms with van der Waals surface area (Å²) in [6, 6.07) is 13.7.